The van der Waals surface area contributed by atoms with Crippen molar-refractivity contribution >= 4 is 17.9 Å². The van der Waals surface area contributed by atoms with Gasteiger partial charge < -0.3 is 18.9 Å². The Hall–Kier alpha value is -3.21. The molecule has 29 heavy (non-hydrogen) atoms. The van der Waals surface area contributed by atoms with Crippen molar-refractivity contribution in [2.24, 2.45) is 0 Å². The van der Waals surface area contributed by atoms with Crippen LogP contribution in [0.4, 0.5) is 0 Å². The Labute approximate surface area is 171 Å². The van der Waals surface area contributed by atoms with E-state index in [-0.39, 0.29) is 5.78 Å². The van der Waals surface area contributed by atoms with E-state index in [1.807, 2.05) is 48.6 Å². The number of carbonyl (C=O) groups is 1. The fourth-order valence-electron chi connectivity index (χ4n) is 3.43. The number of hydrogen-bond donors (Lipinski definition) is 0. The number of Topliss-reactive ketones (excluding diaryl/α,β-unsaturated/α-hetero) is 1. The van der Waals surface area contributed by atoms with Gasteiger partial charge in [0.15, 0.2) is 5.78 Å². The van der Waals surface area contributed by atoms with E-state index in [1.54, 1.807) is 28.4 Å². The van der Waals surface area contributed by atoms with Gasteiger partial charge in [-0.2, -0.15) is 0 Å². The highest BCUT2D eigenvalue weighted by Crippen LogP contribution is 2.33. The normalized spacial score (nSPS) is 16.8. The predicted octanol–water partition coefficient (Wildman–Crippen LogP) is 4.94. The molecule has 3 rings (SSSR count). The molecule has 0 saturated heterocycles. The number of rotatable bonds is 6. The molecule has 0 amide bonds. The van der Waals surface area contributed by atoms with Gasteiger partial charge in [0, 0.05) is 34.4 Å². The first-order chi connectivity index (χ1) is 14.1. The summed E-state index contributed by atoms with van der Waals surface area (Å²) in [6, 6.07) is 11.2. The number of hydrogen-bond acceptors (Lipinski definition) is 5. The molecular formula is C24H26O5. The Morgan fingerprint density at radius 3 is 1.52 bits per heavy atom. The maximum atomic E-state index is 13.1. The number of benzene rings is 2. The Morgan fingerprint density at radius 2 is 1.14 bits per heavy atom. The van der Waals surface area contributed by atoms with Gasteiger partial charge in [0.05, 0.1) is 28.4 Å². The van der Waals surface area contributed by atoms with Crippen LogP contribution in [0.2, 0.25) is 0 Å². The van der Waals surface area contributed by atoms with Crippen LogP contribution in [0.3, 0.4) is 0 Å². The van der Waals surface area contributed by atoms with Crippen LogP contribution in [0.25, 0.3) is 12.2 Å². The highest BCUT2D eigenvalue weighted by atomic mass is 16.5. The molecule has 0 radical (unpaired) electrons. The smallest absolute Gasteiger partial charge is 0.185 e. The Kier molecular flexibility index (Phi) is 6.60. The molecule has 0 bridgehead atoms. The first-order valence-corrected chi connectivity index (χ1v) is 9.49. The van der Waals surface area contributed by atoms with Crippen LogP contribution in [-0.4, -0.2) is 34.2 Å². The number of methoxy groups -OCH3 is 4. The molecule has 0 N–H and O–H groups in total. The zero-order chi connectivity index (χ0) is 20.8. The van der Waals surface area contributed by atoms with Gasteiger partial charge in [-0.15, -0.1) is 0 Å². The Morgan fingerprint density at radius 1 is 0.690 bits per heavy atom. The maximum Gasteiger partial charge on any atom is 0.185 e. The van der Waals surface area contributed by atoms with Crippen molar-refractivity contribution in [2.75, 3.05) is 28.4 Å². The third-order valence-corrected chi connectivity index (χ3v) is 5.02. The number of ketones is 1. The Bertz CT molecular complexity index is 880. The molecule has 0 aliphatic heterocycles. The van der Waals surface area contributed by atoms with Gasteiger partial charge in [-0.3, -0.25) is 4.79 Å². The van der Waals surface area contributed by atoms with Crippen LogP contribution in [-0.2, 0) is 4.79 Å². The van der Waals surface area contributed by atoms with E-state index < -0.39 is 0 Å². The molecule has 152 valence electrons. The lowest BCUT2D eigenvalue weighted by atomic mass is 9.86. The molecule has 0 unspecified atom stereocenters. The maximum absolute atomic E-state index is 13.1. The number of carbonyl (C=O) groups excluding carboxylic acids is 1. The van der Waals surface area contributed by atoms with E-state index in [9.17, 15) is 4.79 Å². The predicted molar refractivity (Wildman–Crippen MR) is 114 cm³/mol. The van der Waals surface area contributed by atoms with Gasteiger partial charge in [0.1, 0.15) is 23.0 Å². The van der Waals surface area contributed by atoms with E-state index in [2.05, 4.69) is 0 Å². The van der Waals surface area contributed by atoms with Gasteiger partial charge in [0.25, 0.3) is 0 Å². The highest BCUT2D eigenvalue weighted by molar-refractivity contribution is 6.14. The van der Waals surface area contributed by atoms with Crippen LogP contribution in [0.1, 0.15) is 30.4 Å². The van der Waals surface area contributed by atoms with Crippen molar-refractivity contribution in [2.45, 2.75) is 19.3 Å². The molecule has 1 saturated carbocycles. The molecule has 1 fully saturated rings. The zero-order valence-corrected chi connectivity index (χ0v) is 17.3. The van der Waals surface area contributed by atoms with Crippen molar-refractivity contribution < 1.29 is 23.7 Å². The van der Waals surface area contributed by atoms with Crippen LogP contribution in [0.15, 0.2) is 47.5 Å². The van der Waals surface area contributed by atoms with Crippen molar-refractivity contribution in [1.29, 1.82) is 0 Å². The monoisotopic (exact) mass is 394 g/mol. The van der Waals surface area contributed by atoms with Gasteiger partial charge in [-0.05, 0) is 55.7 Å². The van der Waals surface area contributed by atoms with E-state index in [4.69, 9.17) is 18.9 Å². The average molecular weight is 394 g/mol. The lowest BCUT2D eigenvalue weighted by Crippen LogP contribution is -2.12. The second kappa shape index (κ2) is 9.32. The first kappa shape index (κ1) is 20.5. The largest absolute Gasteiger partial charge is 0.497 e. The summed E-state index contributed by atoms with van der Waals surface area (Å²) in [4.78, 5) is 13.1. The van der Waals surface area contributed by atoms with Crippen LogP contribution >= 0.6 is 0 Å². The molecule has 0 atom stereocenters. The second-order valence-corrected chi connectivity index (χ2v) is 6.74. The quantitative estimate of drug-likeness (QED) is 0.650. The van der Waals surface area contributed by atoms with Crippen molar-refractivity contribution in [3.05, 3.63) is 58.7 Å². The first-order valence-electron chi connectivity index (χ1n) is 9.49. The SMILES string of the molecule is COc1ccc(C=C2CCCC(=Cc3ccc(OC)cc3OC)C2=O)c(OC)c1. The molecule has 2 aromatic carbocycles. The van der Waals surface area contributed by atoms with Gasteiger partial charge >= 0.3 is 0 Å². The second-order valence-electron chi connectivity index (χ2n) is 6.74. The average Bonchev–Trinajstić information content (AvgIpc) is 2.76. The molecule has 0 aromatic heterocycles. The van der Waals surface area contributed by atoms with Crippen molar-refractivity contribution in [1.82, 2.24) is 0 Å². The fourth-order valence-corrected chi connectivity index (χ4v) is 3.43. The number of allylic oxidation sites excluding steroid dienone is 2. The molecule has 5 nitrogen and oxygen atoms in total. The van der Waals surface area contributed by atoms with Crippen LogP contribution < -0.4 is 18.9 Å². The molecule has 0 spiro atoms. The lowest BCUT2D eigenvalue weighted by molar-refractivity contribution is -0.112. The van der Waals surface area contributed by atoms with E-state index in [0.717, 1.165) is 41.5 Å². The fraction of sp³-hybridized carbons (Fsp3) is 0.292. The van der Waals surface area contributed by atoms with Crippen molar-refractivity contribution in [3.8, 4) is 23.0 Å². The highest BCUT2D eigenvalue weighted by Gasteiger charge is 2.21. The molecule has 5 heteroatoms. The van der Waals surface area contributed by atoms with E-state index >= 15 is 0 Å². The minimum absolute atomic E-state index is 0.0620. The summed E-state index contributed by atoms with van der Waals surface area (Å²) in [6.07, 6.45) is 6.23. The number of ether oxygens (including phenoxy) is 4. The minimum Gasteiger partial charge on any atom is -0.497 e. The summed E-state index contributed by atoms with van der Waals surface area (Å²) in [5.74, 6) is 2.85. The van der Waals surface area contributed by atoms with Gasteiger partial charge in [-0.1, -0.05) is 0 Å². The summed E-state index contributed by atoms with van der Waals surface area (Å²) < 4.78 is 21.4. The summed E-state index contributed by atoms with van der Waals surface area (Å²) >= 11 is 0. The minimum atomic E-state index is 0.0620. The van der Waals surface area contributed by atoms with Crippen LogP contribution in [0, 0.1) is 0 Å². The Balaban J connectivity index is 1.93. The third kappa shape index (κ3) is 4.62. The molecule has 2 aromatic rings. The molecular weight excluding hydrogens is 368 g/mol. The van der Waals surface area contributed by atoms with E-state index in [0.29, 0.717) is 23.0 Å². The topological polar surface area (TPSA) is 54.0 Å². The summed E-state index contributed by atoms with van der Waals surface area (Å²) in [6.45, 7) is 0. The summed E-state index contributed by atoms with van der Waals surface area (Å²) in [7, 11) is 6.45. The summed E-state index contributed by atoms with van der Waals surface area (Å²) in [5.41, 5.74) is 3.27. The molecule has 1 aliphatic rings. The standard InChI is InChI=1S/C24H26O5/c1-26-20-10-8-16(22(14-20)28-3)12-18-6-5-7-19(24(18)25)13-17-9-11-21(27-2)15-23(17)29-4/h8-15H,5-7H2,1-4H3. The molecule has 1 aliphatic carbocycles. The zero-order valence-electron chi connectivity index (χ0n) is 17.3. The van der Waals surface area contributed by atoms with Crippen LogP contribution in [0.5, 0.6) is 23.0 Å². The van der Waals surface area contributed by atoms with Gasteiger partial charge in [0.2, 0.25) is 0 Å². The lowest BCUT2D eigenvalue weighted by Gasteiger charge is -2.18. The molecule has 0 heterocycles. The summed E-state index contributed by atoms with van der Waals surface area (Å²) in [5, 5.41) is 0. The van der Waals surface area contributed by atoms with E-state index in [1.165, 1.54) is 0 Å². The third-order valence-electron chi connectivity index (χ3n) is 5.02. The van der Waals surface area contributed by atoms with Crippen molar-refractivity contribution in [3.63, 3.8) is 0 Å². The van der Waals surface area contributed by atoms with Gasteiger partial charge in [-0.25, -0.2) is 0 Å².